The summed E-state index contributed by atoms with van der Waals surface area (Å²) in [5.74, 6) is 2.02. The van der Waals surface area contributed by atoms with Gasteiger partial charge < -0.3 is 10.2 Å². The molecule has 0 spiro atoms. The molecule has 1 aromatic rings. The normalized spacial score (nSPS) is 16.8. The number of hydrogen-bond donors (Lipinski definition) is 1. The number of hydrogen-bond acceptors (Lipinski definition) is 5. The van der Waals surface area contributed by atoms with Gasteiger partial charge in [0.25, 0.3) is 0 Å². The Kier molecular flexibility index (Phi) is 5.76. The Labute approximate surface area is 120 Å². The number of nitrogens with zero attached hydrogens (tertiary/aromatic N) is 3. The van der Waals surface area contributed by atoms with Gasteiger partial charge in [0, 0.05) is 25.7 Å². The fraction of sp³-hybridized carbons (Fsp3) is 0.714. The molecular weight excluding hydrogens is 256 g/mol. The number of aromatic nitrogens is 2. The highest BCUT2D eigenvalue weighted by Crippen LogP contribution is 2.22. The zero-order valence-electron chi connectivity index (χ0n) is 12.0. The molecule has 1 aromatic heterocycles. The lowest BCUT2D eigenvalue weighted by atomic mass is 10.1. The Morgan fingerprint density at radius 2 is 1.84 bits per heavy atom. The third kappa shape index (κ3) is 4.27. The van der Waals surface area contributed by atoms with Crippen molar-refractivity contribution >= 4 is 23.4 Å². The summed E-state index contributed by atoms with van der Waals surface area (Å²) >= 11 is 1.61. The van der Waals surface area contributed by atoms with E-state index in [1.54, 1.807) is 11.8 Å². The molecule has 2 rings (SSSR count). The van der Waals surface area contributed by atoms with Gasteiger partial charge in [0.2, 0.25) is 0 Å². The van der Waals surface area contributed by atoms with Crippen LogP contribution in [0.2, 0.25) is 0 Å². The van der Waals surface area contributed by atoms with Gasteiger partial charge in [-0.3, -0.25) is 0 Å². The maximum absolute atomic E-state index is 4.67. The van der Waals surface area contributed by atoms with Crippen LogP contribution in [0.15, 0.2) is 11.2 Å². The summed E-state index contributed by atoms with van der Waals surface area (Å²) in [6.45, 7) is 5.23. The molecule has 0 saturated carbocycles. The van der Waals surface area contributed by atoms with Gasteiger partial charge in [-0.15, -0.1) is 0 Å². The molecule has 0 atom stereocenters. The second-order valence-electron chi connectivity index (χ2n) is 4.88. The zero-order chi connectivity index (χ0) is 13.5. The predicted octanol–water partition coefficient (Wildman–Crippen LogP) is 3.40. The second kappa shape index (κ2) is 7.58. The smallest absolute Gasteiger partial charge is 0.191 e. The first kappa shape index (κ1) is 14.4. The summed E-state index contributed by atoms with van der Waals surface area (Å²) in [5, 5.41) is 4.16. The van der Waals surface area contributed by atoms with E-state index in [1.807, 2.05) is 6.26 Å². The Bertz CT molecular complexity index is 389. The molecule has 5 heteroatoms. The summed E-state index contributed by atoms with van der Waals surface area (Å²) in [6.07, 6.45) is 8.65. The third-order valence-corrected chi connectivity index (χ3v) is 3.96. The van der Waals surface area contributed by atoms with Crippen molar-refractivity contribution in [3.05, 3.63) is 6.07 Å². The van der Waals surface area contributed by atoms with Crippen LogP contribution < -0.4 is 10.2 Å². The Balaban J connectivity index is 2.17. The highest BCUT2D eigenvalue weighted by Gasteiger charge is 2.12. The van der Waals surface area contributed by atoms with Crippen molar-refractivity contribution in [1.82, 2.24) is 9.97 Å². The lowest BCUT2D eigenvalue weighted by Crippen LogP contribution is -2.28. The average molecular weight is 280 g/mol. The van der Waals surface area contributed by atoms with Gasteiger partial charge in [0.1, 0.15) is 11.6 Å². The van der Waals surface area contributed by atoms with E-state index < -0.39 is 0 Å². The van der Waals surface area contributed by atoms with Gasteiger partial charge in [-0.1, -0.05) is 31.0 Å². The van der Waals surface area contributed by atoms with Gasteiger partial charge in [-0.05, 0) is 26.0 Å². The summed E-state index contributed by atoms with van der Waals surface area (Å²) < 4.78 is 0. The first-order valence-corrected chi connectivity index (χ1v) is 8.48. The maximum Gasteiger partial charge on any atom is 0.191 e. The van der Waals surface area contributed by atoms with Crippen LogP contribution in [-0.4, -0.2) is 35.9 Å². The first-order valence-electron chi connectivity index (χ1n) is 7.25. The lowest BCUT2D eigenvalue weighted by Gasteiger charge is -2.26. The van der Waals surface area contributed by atoms with Crippen molar-refractivity contribution in [2.24, 2.45) is 0 Å². The third-order valence-electron chi connectivity index (χ3n) is 3.41. The average Bonchev–Trinajstić information content (AvgIpc) is 2.38. The minimum atomic E-state index is 0.857. The predicted molar refractivity (Wildman–Crippen MR) is 83.3 cm³/mol. The Hall–Kier alpha value is -0.970. The molecule has 1 aliphatic heterocycles. The van der Waals surface area contributed by atoms with Gasteiger partial charge >= 0.3 is 0 Å². The monoisotopic (exact) mass is 280 g/mol. The van der Waals surface area contributed by atoms with E-state index in [9.17, 15) is 0 Å². The van der Waals surface area contributed by atoms with E-state index in [2.05, 4.69) is 33.2 Å². The molecule has 1 aliphatic rings. The topological polar surface area (TPSA) is 41.0 Å². The van der Waals surface area contributed by atoms with Crippen molar-refractivity contribution in [2.75, 3.05) is 36.1 Å². The molecule has 106 valence electrons. The van der Waals surface area contributed by atoms with E-state index in [1.165, 1.54) is 32.1 Å². The Morgan fingerprint density at radius 1 is 1.16 bits per heavy atom. The SMILES string of the molecule is CCNc1cc(N2CCCCCCC2)nc(SC)n1. The number of thioether (sulfide) groups is 1. The number of rotatable bonds is 4. The molecule has 0 aromatic carbocycles. The summed E-state index contributed by atoms with van der Waals surface area (Å²) in [6, 6.07) is 2.09. The van der Waals surface area contributed by atoms with E-state index in [-0.39, 0.29) is 0 Å². The fourth-order valence-electron chi connectivity index (χ4n) is 2.41. The van der Waals surface area contributed by atoms with Crippen molar-refractivity contribution in [2.45, 2.75) is 44.2 Å². The van der Waals surface area contributed by atoms with Crippen LogP contribution in [0.3, 0.4) is 0 Å². The molecule has 4 nitrogen and oxygen atoms in total. The van der Waals surface area contributed by atoms with E-state index in [0.717, 1.165) is 36.4 Å². The van der Waals surface area contributed by atoms with Gasteiger partial charge in [-0.2, -0.15) is 0 Å². The molecular formula is C14H24N4S. The van der Waals surface area contributed by atoms with Crippen LogP contribution in [0.1, 0.15) is 39.0 Å². The summed E-state index contributed by atoms with van der Waals surface area (Å²) in [7, 11) is 0. The number of anilines is 2. The molecule has 0 bridgehead atoms. The van der Waals surface area contributed by atoms with Crippen molar-refractivity contribution < 1.29 is 0 Å². The van der Waals surface area contributed by atoms with Crippen LogP contribution in [0.4, 0.5) is 11.6 Å². The maximum atomic E-state index is 4.67. The molecule has 1 fully saturated rings. The highest BCUT2D eigenvalue weighted by atomic mass is 32.2. The van der Waals surface area contributed by atoms with Crippen LogP contribution in [0.5, 0.6) is 0 Å². The van der Waals surface area contributed by atoms with Crippen LogP contribution in [0, 0.1) is 0 Å². The zero-order valence-corrected chi connectivity index (χ0v) is 12.8. The quantitative estimate of drug-likeness (QED) is 0.676. The van der Waals surface area contributed by atoms with E-state index in [4.69, 9.17) is 0 Å². The number of nitrogens with one attached hydrogen (secondary N) is 1. The molecule has 19 heavy (non-hydrogen) atoms. The van der Waals surface area contributed by atoms with E-state index >= 15 is 0 Å². The standard InChI is InChI=1S/C14H24N4S/c1-3-15-12-11-13(17-14(16-12)19-2)18-9-7-5-4-6-8-10-18/h11H,3-10H2,1-2H3,(H,15,16,17). The first-order chi connectivity index (χ1) is 9.33. The van der Waals surface area contributed by atoms with Crippen LogP contribution in [0.25, 0.3) is 0 Å². The molecule has 2 heterocycles. The molecule has 0 radical (unpaired) electrons. The van der Waals surface area contributed by atoms with Gasteiger partial charge in [0.15, 0.2) is 5.16 Å². The minimum Gasteiger partial charge on any atom is -0.370 e. The lowest BCUT2D eigenvalue weighted by molar-refractivity contribution is 0.552. The van der Waals surface area contributed by atoms with Gasteiger partial charge in [0.05, 0.1) is 0 Å². The fourth-order valence-corrected chi connectivity index (χ4v) is 2.79. The minimum absolute atomic E-state index is 0.857. The molecule has 1 N–H and O–H groups in total. The van der Waals surface area contributed by atoms with Gasteiger partial charge in [-0.25, -0.2) is 9.97 Å². The molecule has 0 aliphatic carbocycles. The molecule has 0 unspecified atom stereocenters. The van der Waals surface area contributed by atoms with Crippen LogP contribution in [-0.2, 0) is 0 Å². The molecule has 0 amide bonds. The van der Waals surface area contributed by atoms with Crippen molar-refractivity contribution in [3.63, 3.8) is 0 Å². The largest absolute Gasteiger partial charge is 0.370 e. The van der Waals surface area contributed by atoms with Crippen LogP contribution >= 0.6 is 11.8 Å². The summed E-state index contributed by atoms with van der Waals surface area (Å²) in [5.41, 5.74) is 0. The van der Waals surface area contributed by atoms with E-state index in [0.29, 0.717) is 0 Å². The summed E-state index contributed by atoms with van der Waals surface area (Å²) in [4.78, 5) is 11.6. The molecule has 1 saturated heterocycles. The second-order valence-corrected chi connectivity index (χ2v) is 5.66. The highest BCUT2D eigenvalue weighted by molar-refractivity contribution is 7.98. The van der Waals surface area contributed by atoms with Crippen molar-refractivity contribution in [1.29, 1.82) is 0 Å². The van der Waals surface area contributed by atoms with Crippen molar-refractivity contribution in [3.8, 4) is 0 Å². The Morgan fingerprint density at radius 3 is 2.47 bits per heavy atom.